The highest BCUT2D eigenvalue weighted by Crippen LogP contribution is 2.36. The number of ether oxygens (including phenoxy) is 1. The van der Waals surface area contributed by atoms with E-state index in [1.807, 2.05) is 16.7 Å². The highest BCUT2D eigenvalue weighted by Gasteiger charge is 2.38. The third kappa shape index (κ3) is 7.04. The molecule has 0 saturated carbocycles. The average Bonchev–Trinajstić information content (AvgIpc) is 3.24. The summed E-state index contributed by atoms with van der Waals surface area (Å²) in [4.78, 5) is 14.5. The molecule has 0 aliphatic carbocycles. The fourth-order valence-electron chi connectivity index (χ4n) is 3.67. The third-order valence-corrected chi connectivity index (χ3v) is 5.84. The second-order valence-electron chi connectivity index (χ2n) is 8.09. The first kappa shape index (κ1) is 27.6. The number of benzene rings is 2. The lowest BCUT2D eigenvalue weighted by Crippen LogP contribution is -2.33. The van der Waals surface area contributed by atoms with Crippen molar-refractivity contribution in [2.24, 2.45) is 0 Å². The van der Waals surface area contributed by atoms with Gasteiger partial charge in [0.25, 0.3) is 5.91 Å². The van der Waals surface area contributed by atoms with E-state index in [1.54, 1.807) is 30.5 Å². The zero-order chi connectivity index (χ0) is 26.5. The number of amides is 1. The van der Waals surface area contributed by atoms with Crippen LogP contribution in [0.2, 0.25) is 5.02 Å². The summed E-state index contributed by atoms with van der Waals surface area (Å²) >= 11 is 6.24. The zero-order valence-corrected chi connectivity index (χ0v) is 19.9. The molecule has 0 saturated heterocycles. The van der Waals surface area contributed by atoms with Crippen molar-refractivity contribution in [2.45, 2.75) is 31.9 Å². The average molecular weight is 533 g/mol. The van der Waals surface area contributed by atoms with Crippen LogP contribution >= 0.6 is 11.6 Å². The molecule has 0 spiro atoms. The van der Waals surface area contributed by atoms with Gasteiger partial charge in [-0.1, -0.05) is 29.8 Å². The van der Waals surface area contributed by atoms with E-state index in [9.17, 15) is 31.1 Å². The maximum atomic E-state index is 13.3. The topological polar surface area (TPSA) is 34.5 Å². The molecule has 4 nitrogen and oxygen atoms in total. The highest BCUT2D eigenvalue weighted by atomic mass is 35.5. The van der Waals surface area contributed by atoms with Crippen molar-refractivity contribution >= 4 is 17.5 Å². The predicted octanol–water partition coefficient (Wildman–Crippen LogP) is 6.91. The van der Waals surface area contributed by atoms with E-state index in [0.29, 0.717) is 35.8 Å². The van der Waals surface area contributed by atoms with Crippen molar-refractivity contribution in [2.75, 3.05) is 20.3 Å². The Morgan fingerprint density at radius 2 is 1.61 bits per heavy atom. The van der Waals surface area contributed by atoms with Gasteiger partial charge in [0.05, 0.1) is 17.7 Å². The van der Waals surface area contributed by atoms with Gasteiger partial charge in [0.15, 0.2) is 0 Å². The van der Waals surface area contributed by atoms with Crippen LogP contribution in [-0.4, -0.2) is 35.6 Å². The van der Waals surface area contributed by atoms with Gasteiger partial charge in [-0.2, -0.15) is 26.3 Å². The normalized spacial score (nSPS) is 12.1. The fraction of sp³-hybridized carbons (Fsp3) is 0.320. The lowest BCUT2D eigenvalue weighted by Gasteiger charge is -2.25. The fourth-order valence-corrected chi connectivity index (χ4v) is 3.86. The molecule has 0 N–H and O–H groups in total. The van der Waals surface area contributed by atoms with Crippen molar-refractivity contribution in [3.8, 4) is 0 Å². The number of carbonyl (C=O) groups excluding carboxylic acids is 1. The molecule has 0 radical (unpaired) electrons. The Morgan fingerprint density at radius 1 is 0.972 bits per heavy atom. The van der Waals surface area contributed by atoms with Gasteiger partial charge in [-0.25, -0.2) is 0 Å². The minimum absolute atomic E-state index is 0.000791. The molecule has 3 rings (SSSR count). The van der Waals surface area contributed by atoms with Gasteiger partial charge in [0.2, 0.25) is 0 Å². The maximum Gasteiger partial charge on any atom is 0.416 e. The van der Waals surface area contributed by atoms with Crippen LogP contribution in [-0.2, 0) is 30.2 Å². The summed E-state index contributed by atoms with van der Waals surface area (Å²) in [5.41, 5.74) is -2.34. The molecule has 0 aliphatic rings. The molecule has 0 fully saturated rings. The Bertz CT molecular complexity index is 1160. The third-order valence-electron chi connectivity index (χ3n) is 5.47. The number of hydrogen-bond acceptors (Lipinski definition) is 2. The monoisotopic (exact) mass is 532 g/mol. The molecule has 11 heteroatoms. The minimum atomic E-state index is -5.05. The van der Waals surface area contributed by atoms with Crippen molar-refractivity contribution in [1.82, 2.24) is 9.47 Å². The van der Waals surface area contributed by atoms with Gasteiger partial charge in [-0.05, 0) is 48.4 Å². The zero-order valence-electron chi connectivity index (χ0n) is 19.2. The van der Waals surface area contributed by atoms with E-state index in [1.165, 1.54) is 12.0 Å². The van der Waals surface area contributed by atoms with Crippen LogP contribution in [0, 0.1) is 0 Å². The summed E-state index contributed by atoms with van der Waals surface area (Å²) in [7, 11) is 1.45. The van der Waals surface area contributed by atoms with Crippen LogP contribution in [0.3, 0.4) is 0 Å². The molecular formula is C25H23ClF6N2O2. The first-order valence-electron chi connectivity index (χ1n) is 10.8. The van der Waals surface area contributed by atoms with Gasteiger partial charge in [0.1, 0.15) is 0 Å². The molecule has 1 aromatic heterocycles. The maximum absolute atomic E-state index is 13.3. The van der Waals surface area contributed by atoms with E-state index in [-0.39, 0.29) is 25.8 Å². The van der Waals surface area contributed by atoms with Crippen LogP contribution in [0.15, 0.2) is 60.8 Å². The van der Waals surface area contributed by atoms with Gasteiger partial charge < -0.3 is 14.2 Å². The van der Waals surface area contributed by atoms with Gasteiger partial charge in [-0.3, -0.25) is 4.79 Å². The van der Waals surface area contributed by atoms with Crippen LogP contribution in [0.1, 0.15) is 39.2 Å². The van der Waals surface area contributed by atoms with Crippen molar-refractivity contribution < 1.29 is 35.9 Å². The predicted molar refractivity (Wildman–Crippen MR) is 123 cm³/mol. The quantitative estimate of drug-likeness (QED) is 0.222. The standard InChI is InChI=1S/C25H23ClF6N2O2/c1-36-11-5-10-34(16-21-7-4-9-33(21)15-17-6-2-3-8-22(17)26)23(35)18-12-19(24(27,28)29)14-20(13-18)25(30,31)32/h2-4,6-9,12-14H,5,10-11,15-16H2,1H3. The molecule has 0 unspecified atom stereocenters. The first-order valence-corrected chi connectivity index (χ1v) is 11.2. The first-order chi connectivity index (χ1) is 16.9. The Balaban J connectivity index is 1.95. The molecule has 194 valence electrons. The minimum Gasteiger partial charge on any atom is -0.385 e. The molecule has 0 atom stereocenters. The van der Waals surface area contributed by atoms with Crippen LogP contribution < -0.4 is 0 Å². The van der Waals surface area contributed by atoms with Crippen molar-refractivity contribution in [3.05, 3.63) is 93.8 Å². The molecule has 0 aliphatic heterocycles. The summed E-state index contributed by atoms with van der Waals surface area (Å²) in [6.07, 6.45) is -8.03. The second kappa shape index (κ2) is 11.4. The number of hydrogen-bond donors (Lipinski definition) is 0. The Kier molecular flexibility index (Phi) is 8.73. The number of halogens is 7. The lowest BCUT2D eigenvalue weighted by atomic mass is 10.0. The summed E-state index contributed by atoms with van der Waals surface area (Å²) in [5, 5.41) is 0.536. The summed E-state index contributed by atoms with van der Waals surface area (Å²) in [5.74, 6) is -0.951. The number of alkyl halides is 6. The van der Waals surface area contributed by atoms with Gasteiger partial charge in [-0.15, -0.1) is 0 Å². The lowest BCUT2D eigenvalue weighted by molar-refractivity contribution is -0.143. The molecule has 1 amide bonds. The van der Waals surface area contributed by atoms with E-state index >= 15 is 0 Å². The largest absolute Gasteiger partial charge is 0.416 e. The molecular weight excluding hydrogens is 510 g/mol. The van der Waals surface area contributed by atoms with Gasteiger partial charge in [0, 0.05) is 49.3 Å². The Labute approximate surface area is 209 Å². The highest BCUT2D eigenvalue weighted by molar-refractivity contribution is 6.31. The van der Waals surface area contributed by atoms with E-state index < -0.39 is 35.0 Å². The van der Waals surface area contributed by atoms with E-state index in [0.717, 1.165) is 5.56 Å². The smallest absolute Gasteiger partial charge is 0.385 e. The summed E-state index contributed by atoms with van der Waals surface area (Å²) < 4.78 is 86.8. The second-order valence-corrected chi connectivity index (χ2v) is 8.49. The number of rotatable bonds is 9. The van der Waals surface area contributed by atoms with Crippen molar-refractivity contribution in [1.29, 1.82) is 0 Å². The number of carbonyl (C=O) groups is 1. The molecule has 36 heavy (non-hydrogen) atoms. The Morgan fingerprint density at radius 3 is 2.19 bits per heavy atom. The molecule has 1 heterocycles. The van der Waals surface area contributed by atoms with E-state index in [4.69, 9.17) is 16.3 Å². The van der Waals surface area contributed by atoms with Crippen LogP contribution in [0.5, 0.6) is 0 Å². The SMILES string of the molecule is COCCCN(Cc1cccn1Cc1ccccc1Cl)C(=O)c1cc(C(F)(F)F)cc(C(F)(F)F)c1. The van der Waals surface area contributed by atoms with Gasteiger partial charge >= 0.3 is 12.4 Å². The molecule has 2 aromatic carbocycles. The molecule has 0 bridgehead atoms. The van der Waals surface area contributed by atoms with Crippen molar-refractivity contribution in [3.63, 3.8) is 0 Å². The van der Waals surface area contributed by atoms with E-state index in [2.05, 4.69) is 0 Å². The number of methoxy groups -OCH3 is 1. The molecule has 3 aromatic rings. The summed E-state index contributed by atoms with van der Waals surface area (Å²) in [6, 6.07) is 11.5. The van der Waals surface area contributed by atoms with Crippen LogP contribution in [0.4, 0.5) is 26.3 Å². The van der Waals surface area contributed by atoms with Crippen LogP contribution in [0.25, 0.3) is 0 Å². The summed E-state index contributed by atoms with van der Waals surface area (Å²) in [6.45, 7) is 0.629. The number of nitrogens with zero attached hydrogens (tertiary/aromatic N) is 2. The Hall–Kier alpha value is -2.98. The number of aromatic nitrogens is 1.